The van der Waals surface area contributed by atoms with Crippen molar-refractivity contribution >= 4 is 5.97 Å². The molecule has 5 atom stereocenters. The summed E-state index contributed by atoms with van der Waals surface area (Å²) in [6.07, 6.45) is -5.34. The number of aliphatic carboxylic acids is 1. The Morgan fingerprint density at radius 3 is 2.36 bits per heavy atom. The van der Waals surface area contributed by atoms with Crippen LogP contribution in [0.15, 0.2) is 0 Å². The van der Waals surface area contributed by atoms with Gasteiger partial charge < -0.3 is 24.8 Å². The molecule has 4 unspecified atom stereocenters. The van der Waals surface area contributed by atoms with Crippen molar-refractivity contribution in [1.29, 1.82) is 0 Å². The molecule has 0 bridgehead atoms. The predicted octanol–water partition coefficient (Wildman–Crippen LogP) is -1.40. The van der Waals surface area contributed by atoms with Gasteiger partial charge in [0.15, 0.2) is 6.10 Å². The molecule has 1 saturated heterocycles. The third-order valence-corrected chi connectivity index (χ3v) is 2.34. The molecule has 0 radical (unpaired) electrons. The Bertz CT molecular complexity index is 218. The zero-order valence-corrected chi connectivity index (χ0v) is 7.95. The first-order valence-corrected chi connectivity index (χ1v) is 4.26. The second kappa shape index (κ2) is 4.22. The molecular weight excluding hydrogens is 192 g/mol. The van der Waals surface area contributed by atoms with Crippen molar-refractivity contribution in [2.45, 2.75) is 37.4 Å². The van der Waals surface area contributed by atoms with E-state index in [2.05, 4.69) is 0 Å². The number of carboxylic acid groups (broad SMARTS) is 1. The van der Waals surface area contributed by atoms with Gasteiger partial charge in [0.25, 0.3) is 0 Å². The zero-order chi connectivity index (χ0) is 10.9. The lowest BCUT2D eigenvalue weighted by molar-refractivity contribution is -0.229. The van der Waals surface area contributed by atoms with E-state index in [1.165, 1.54) is 14.0 Å². The van der Waals surface area contributed by atoms with Crippen molar-refractivity contribution in [3.63, 3.8) is 0 Å². The third kappa shape index (κ3) is 1.88. The minimum atomic E-state index is -1.36. The molecule has 0 amide bonds. The molecule has 3 N–H and O–H groups in total. The number of ether oxygens (including phenoxy) is 2. The molecule has 0 aromatic rings. The molecule has 1 aliphatic heterocycles. The molecule has 0 spiro atoms. The maximum Gasteiger partial charge on any atom is 0.335 e. The molecule has 1 fully saturated rings. The molecule has 0 aromatic carbocycles. The van der Waals surface area contributed by atoms with E-state index in [1.54, 1.807) is 0 Å². The highest BCUT2D eigenvalue weighted by Gasteiger charge is 2.46. The Labute approximate surface area is 81.1 Å². The molecule has 82 valence electrons. The molecule has 6 heteroatoms. The Kier molecular flexibility index (Phi) is 3.43. The molecule has 1 rings (SSSR count). The lowest BCUT2D eigenvalue weighted by Gasteiger charge is -2.39. The van der Waals surface area contributed by atoms with Crippen LogP contribution in [0.3, 0.4) is 0 Å². The first kappa shape index (κ1) is 11.4. The second-order valence-corrected chi connectivity index (χ2v) is 3.28. The molecule has 0 saturated carbocycles. The van der Waals surface area contributed by atoms with Gasteiger partial charge in [-0.05, 0) is 6.92 Å². The first-order valence-electron chi connectivity index (χ1n) is 4.26. The summed E-state index contributed by atoms with van der Waals surface area (Å²) in [5, 5.41) is 27.7. The average molecular weight is 206 g/mol. The highest BCUT2D eigenvalue weighted by Crippen LogP contribution is 2.22. The highest BCUT2D eigenvalue weighted by molar-refractivity contribution is 5.73. The molecule has 1 heterocycles. The van der Waals surface area contributed by atoms with Gasteiger partial charge in [0.2, 0.25) is 0 Å². The van der Waals surface area contributed by atoms with Gasteiger partial charge in [-0.3, -0.25) is 0 Å². The summed E-state index contributed by atoms with van der Waals surface area (Å²) in [6.45, 7) is 1.53. The monoisotopic (exact) mass is 206 g/mol. The largest absolute Gasteiger partial charge is 0.479 e. The van der Waals surface area contributed by atoms with Crippen LogP contribution in [-0.2, 0) is 14.3 Å². The number of hydrogen-bond acceptors (Lipinski definition) is 5. The van der Waals surface area contributed by atoms with Crippen LogP contribution in [0.25, 0.3) is 0 Å². The van der Waals surface area contributed by atoms with Crippen molar-refractivity contribution in [3.05, 3.63) is 0 Å². The number of methoxy groups -OCH3 is 1. The fourth-order valence-electron chi connectivity index (χ4n) is 1.52. The smallest absolute Gasteiger partial charge is 0.335 e. The van der Waals surface area contributed by atoms with Crippen LogP contribution < -0.4 is 0 Å². The molecule has 14 heavy (non-hydrogen) atoms. The van der Waals surface area contributed by atoms with Gasteiger partial charge in [0, 0.05) is 7.11 Å². The molecule has 0 aliphatic carbocycles. The average Bonchev–Trinajstić information content (AvgIpc) is 2.12. The third-order valence-electron chi connectivity index (χ3n) is 2.34. The zero-order valence-electron chi connectivity index (χ0n) is 7.95. The van der Waals surface area contributed by atoms with Crippen molar-refractivity contribution in [3.8, 4) is 0 Å². The molecule has 6 nitrogen and oxygen atoms in total. The van der Waals surface area contributed by atoms with E-state index >= 15 is 0 Å². The fourth-order valence-corrected chi connectivity index (χ4v) is 1.52. The summed E-state index contributed by atoms with van der Waals surface area (Å²) in [5.41, 5.74) is 0. The van der Waals surface area contributed by atoms with Gasteiger partial charge >= 0.3 is 5.97 Å². The van der Waals surface area contributed by atoms with Crippen LogP contribution >= 0.6 is 0 Å². The van der Waals surface area contributed by atoms with Gasteiger partial charge in [-0.1, -0.05) is 0 Å². The Morgan fingerprint density at radius 1 is 1.36 bits per heavy atom. The lowest BCUT2D eigenvalue weighted by Crippen LogP contribution is -2.59. The number of carbonyl (C=O) groups is 1. The normalized spacial score (nSPS) is 43.6. The summed E-state index contributed by atoms with van der Waals surface area (Å²) in [4.78, 5) is 10.7. The van der Waals surface area contributed by atoms with E-state index in [0.29, 0.717) is 0 Å². The standard InChI is InChI=1S/C8H14O6/c1-3-4(9)6(13-2)5(10)7(14-3)8(11)12/h3-7,9-10H,1-2H3,(H,11,12)/t3?,4?,5-,6?,7?/m0/s1. The van der Waals surface area contributed by atoms with Crippen LogP contribution in [-0.4, -0.2) is 58.9 Å². The van der Waals surface area contributed by atoms with Gasteiger partial charge in [-0.25, -0.2) is 4.79 Å². The fraction of sp³-hybridized carbons (Fsp3) is 0.875. The van der Waals surface area contributed by atoms with E-state index in [-0.39, 0.29) is 0 Å². The number of hydrogen-bond donors (Lipinski definition) is 3. The molecule has 0 aromatic heterocycles. The summed E-state index contributed by atoms with van der Waals surface area (Å²) >= 11 is 0. The van der Waals surface area contributed by atoms with E-state index in [4.69, 9.17) is 14.6 Å². The second-order valence-electron chi connectivity index (χ2n) is 3.28. The maximum atomic E-state index is 10.7. The summed E-state index contributed by atoms with van der Waals surface area (Å²) < 4.78 is 9.75. The molecular formula is C8H14O6. The minimum Gasteiger partial charge on any atom is -0.479 e. The van der Waals surface area contributed by atoms with E-state index in [0.717, 1.165) is 0 Å². The Hall–Kier alpha value is -0.690. The SMILES string of the molecule is COC1C(O)C(C)OC(C(=O)O)[C@H]1O. The quantitative estimate of drug-likeness (QED) is 0.514. The van der Waals surface area contributed by atoms with E-state index in [9.17, 15) is 15.0 Å². The van der Waals surface area contributed by atoms with Crippen LogP contribution in [0.2, 0.25) is 0 Å². The van der Waals surface area contributed by atoms with Crippen LogP contribution in [0.1, 0.15) is 6.92 Å². The minimum absolute atomic E-state index is 0.676. The van der Waals surface area contributed by atoms with Crippen LogP contribution in [0, 0.1) is 0 Å². The number of aliphatic hydroxyl groups is 2. The van der Waals surface area contributed by atoms with Gasteiger partial charge in [-0.15, -0.1) is 0 Å². The van der Waals surface area contributed by atoms with Gasteiger partial charge in [-0.2, -0.15) is 0 Å². The highest BCUT2D eigenvalue weighted by atomic mass is 16.6. The summed E-state index contributed by atoms with van der Waals surface area (Å²) in [5.74, 6) is -1.27. The Balaban J connectivity index is 2.80. The van der Waals surface area contributed by atoms with Crippen molar-refractivity contribution in [1.82, 2.24) is 0 Å². The van der Waals surface area contributed by atoms with Crippen LogP contribution in [0.4, 0.5) is 0 Å². The van der Waals surface area contributed by atoms with Crippen molar-refractivity contribution in [2.24, 2.45) is 0 Å². The van der Waals surface area contributed by atoms with E-state index in [1.807, 2.05) is 0 Å². The van der Waals surface area contributed by atoms with Crippen molar-refractivity contribution < 1.29 is 29.6 Å². The predicted molar refractivity (Wildman–Crippen MR) is 44.8 cm³/mol. The van der Waals surface area contributed by atoms with Crippen molar-refractivity contribution in [2.75, 3.05) is 7.11 Å². The number of carboxylic acids is 1. The first-order chi connectivity index (χ1) is 6.49. The summed E-state index contributed by atoms with van der Waals surface area (Å²) in [7, 11) is 1.30. The number of rotatable bonds is 2. The van der Waals surface area contributed by atoms with Gasteiger partial charge in [0.1, 0.15) is 18.3 Å². The topological polar surface area (TPSA) is 96.2 Å². The van der Waals surface area contributed by atoms with E-state index < -0.39 is 36.5 Å². The summed E-state index contributed by atoms with van der Waals surface area (Å²) in [6, 6.07) is 0. The van der Waals surface area contributed by atoms with Gasteiger partial charge in [0.05, 0.1) is 6.10 Å². The lowest BCUT2D eigenvalue weighted by atomic mass is 9.95. The maximum absolute atomic E-state index is 10.7. The number of aliphatic hydroxyl groups excluding tert-OH is 2. The molecule has 1 aliphatic rings. The Morgan fingerprint density at radius 2 is 1.93 bits per heavy atom. The van der Waals surface area contributed by atoms with Crippen LogP contribution in [0.5, 0.6) is 0 Å².